The molecule has 0 aliphatic carbocycles. The summed E-state index contributed by atoms with van der Waals surface area (Å²) in [4.78, 5) is 12.6. The van der Waals surface area contributed by atoms with E-state index in [-0.39, 0.29) is 12.5 Å². The van der Waals surface area contributed by atoms with Crippen molar-refractivity contribution in [2.75, 3.05) is 13.2 Å². The van der Waals surface area contributed by atoms with Crippen molar-refractivity contribution >= 4 is 5.97 Å². The van der Waals surface area contributed by atoms with Gasteiger partial charge < -0.3 is 9.47 Å². The summed E-state index contributed by atoms with van der Waals surface area (Å²) in [5.74, 6) is 0.895. The Morgan fingerprint density at radius 3 is 2.68 bits per heavy atom. The molecule has 1 aromatic heterocycles. The molecule has 0 spiro atoms. The van der Waals surface area contributed by atoms with Crippen LogP contribution in [0.3, 0.4) is 0 Å². The minimum atomic E-state index is -0.383. The molecule has 0 unspecified atom stereocenters. The van der Waals surface area contributed by atoms with Crippen LogP contribution < -0.4 is 4.74 Å². The Morgan fingerprint density at radius 1 is 1.23 bits per heavy atom. The number of tetrazole rings is 1. The zero-order chi connectivity index (χ0) is 15.8. The second kappa shape index (κ2) is 8.11. The number of aromatic nitrogens is 4. The van der Waals surface area contributed by atoms with E-state index < -0.39 is 0 Å². The third-order valence-corrected chi connectivity index (χ3v) is 2.91. The lowest BCUT2D eigenvalue weighted by Crippen LogP contribution is -2.15. The highest BCUT2D eigenvalue weighted by Gasteiger charge is 2.09. The average molecular weight is 304 g/mol. The molecule has 0 N–H and O–H groups in total. The third kappa shape index (κ3) is 4.54. The highest BCUT2D eigenvalue weighted by molar-refractivity contribution is 5.68. The molecule has 0 fully saturated rings. The number of unbranched alkanes of at least 4 members (excludes halogenated alkanes) is 1. The summed E-state index contributed by atoms with van der Waals surface area (Å²) in [5.41, 5.74) is 0.818. The van der Waals surface area contributed by atoms with Gasteiger partial charge in [0.1, 0.15) is 5.75 Å². The number of ether oxygens (including phenoxy) is 2. The first kappa shape index (κ1) is 15.9. The number of nitrogens with zero attached hydrogens (tertiary/aromatic N) is 4. The van der Waals surface area contributed by atoms with Crippen LogP contribution in [-0.2, 0) is 16.1 Å². The molecule has 0 bridgehead atoms. The van der Waals surface area contributed by atoms with Gasteiger partial charge in [-0.15, -0.1) is 10.2 Å². The molecule has 0 atom stereocenters. The molecular weight excluding hydrogens is 284 g/mol. The zero-order valence-corrected chi connectivity index (χ0v) is 12.9. The molecule has 2 aromatic rings. The number of hydrogen-bond acceptors (Lipinski definition) is 6. The fourth-order valence-corrected chi connectivity index (χ4v) is 1.78. The van der Waals surface area contributed by atoms with E-state index in [0.717, 1.165) is 24.2 Å². The Bertz CT molecular complexity index is 595. The van der Waals surface area contributed by atoms with Crippen LogP contribution in [0.5, 0.6) is 5.75 Å². The minimum absolute atomic E-state index is 0.0426. The van der Waals surface area contributed by atoms with Gasteiger partial charge in [-0.3, -0.25) is 0 Å². The second-order valence-electron chi connectivity index (χ2n) is 4.67. The van der Waals surface area contributed by atoms with Crippen LogP contribution in [0.4, 0.5) is 0 Å². The number of benzene rings is 1. The van der Waals surface area contributed by atoms with Crippen LogP contribution in [0.15, 0.2) is 24.3 Å². The minimum Gasteiger partial charge on any atom is -0.494 e. The van der Waals surface area contributed by atoms with Gasteiger partial charge in [0.05, 0.1) is 13.2 Å². The van der Waals surface area contributed by atoms with Crippen molar-refractivity contribution < 1.29 is 14.3 Å². The molecule has 0 aliphatic heterocycles. The number of hydrogen-bond donors (Lipinski definition) is 0. The largest absolute Gasteiger partial charge is 0.494 e. The van der Waals surface area contributed by atoms with Gasteiger partial charge in [0.25, 0.3) is 0 Å². The second-order valence-corrected chi connectivity index (χ2v) is 4.67. The molecule has 22 heavy (non-hydrogen) atoms. The number of esters is 1. The maximum atomic E-state index is 11.4. The normalized spacial score (nSPS) is 10.5. The van der Waals surface area contributed by atoms with E-state index in [0.29, 0.717) is 19.0 Å². The van der Waals surface area contributed by atoms with Gasteiger partial charge in [-0.25, -0.2) is 4.79 Å². The van der Waals surface area contributed by atoms with E-state index in [4.69, 9.17) is 9.47 Å². The maximum Gasteiger partial charge on any atom is 0.329 e. The summed E-state index contributed by atoms with van der Waals surface area (Å²) in [6, 6.07) is 7.48. The molecule has 2 rings (SSSR count). The molecule has 0 amide bonds. The van der Waals surface area contributed by atoms with Crippen LogP contribution in [0.2, 0.25) is 0 Å². The molecule has 1 heterocycles. The molecule has 0 radical (unpaired) electrons. The molecule has 1 aromatic carbocycles. The highest BCUT2D eigenvalue weighted by atomic mass is 16.5. The Morgan fingerprint density at radius 2 is 2.00 bits per heavy atom. The van der Waals surface area contributed by atoms with E-state index in [9.17, 15) is 4.79 Å². The lowest BCUT2D eigenvalue weighted by atomic mass is 10.2. The smallest absolute Gasteiger partial charge is 0.329 e. The summed E-state index contributed by atoms with van der Waals surface area (Å²) in [7, 11) is 0. The predicted octanol–water partition coefficient (Wildman–Crippen LogP) is 2.08. The number of carbonyl (C=O) groups excluding carboxylic acids is 1. The van der Waals surface area contributed by atoms with Crippen LogP contribution in [0.1, 0.15) is 26.7 Å². The molecule has 0 saturated carbocycles. The van der Waals surface area contributed by atoms with Crippen molar-refractivity contribution in [3.8, 4) is 17.1 Å². The third-order valence-electron chi connectivity index (χ3n) is 2.91. The summed E-state index contributed by atoms with van der Waals surface area (Å²) >= 11 is 0. The van der Waals surface area contributed by atoms with Crippen LogP contribution in [0.25, 0.3) is 11.4 Å². The van der Waals surface area contributed by atoms with Crippen molar-refractivity contribution in [1.82, 2.24) is 20.2 Å². The van der Waals surface area contributed by atoms with Crippen molar-refractivity contribution in [1.29, 1.82) is 0 Å². The molecule has 0 aliphatic rings. The van der Waals surface area contributed by atoms with Gasteiger partial charge in [-0.1, -0.05) is 13.3 Å². The van der Waals surface area contributed by atoms with Gasteiger partial charge in [-0.05, 0) is 42.8 Å². The van der Waals surface area contributed by atoms with Crippen molar-refractivity contribution in [2.24, 2.45) is 0 Å². The lowest BCUT2D eigenvalue weighted by Gasteiger charge is -2.05. The number of carbonyl (C=O) groups is 1. The zero-order valence-electron chi connectivity index (χ0n) is 12.9. The van der Waals surface area contributed by atoms with Crippen molar-refractivity contribution in [3.05, 3.63) is 24.3 Å². The summed E-state index contributed by atoms with van der Waals surface area (Å²) in [6.45, 7) is 4.88. The van der Waals surface area contributed by atoms with Crippen LogP contribution in [-0.4, -0.2) is 39.4 Å². The van der Waals surface area contributed by atoms with E-state index in [1.54, 1.807) is 6.92 Å². The molecule has 0 saturated heterocycles. The van der Waals surface area contributed by atoms with Gasteiger partial charge in [0, 0.05) is 5.56 Å². The molecule has 7 heteroatoms. The molecule has 118 valence electrons. The van der Waals surface area contributed by atoms with E-state index in [2.05, 4.69) is 22.3 Å². The SMILES string of the molecule is CCCCOc1ccc(-c2nnn(CC(=O)OCC)n2)cc1. The Kier molecular flexibility index (Phi) is 5.88. The first-order valence-corrected chi connectivity index (χ1v) is 7.39. The molecular formula is C15H20N4O3. The van der Waals surface area contributed by atoms with Gasteiger partial charge >= 0.3 is 5.97 Å². The predicted molar refractivity (Wildman–Crippen MR) is 80.3 cm³/mol. The quantitative estimate of drug-likeness (QED) is 0.549. The topological polar surface area (TPSA) is 79.1 Å². The van der Waals surface area contributed by atoms with Crippen LogP contribution in [0, 0.1) is 0 Å². The van der Waals surface area contributed by atoms with Crippen LogP contribution >= 0.6 is 0 Å². The summed E-state index contributed by atoms with van der Waals surface area (Å²) in [5, 5.41) is 11.9. The maximum absolute atomic E-state index is 11.4. The lowest BCUT2D eigenvalue weighted by molar-refractivity contribution is -0.144. The monoisotopic (exact) mass is 304 g/mol. The first-order chi connectivity index (χ1) is 10.7. The number of rotatable bonds is 8. The standard InChI is InChI=1S/C15H20N4O3/c1-3-5-10-22-13-8-6-12(7-9-13)15-16-18-19(17-15)11-14(20)21-4-2/h6-9H,3-5,10-11H2,1-2H3. The Labute approximate surface area is 129 Å². The van der Waals surface area contributed by atoms with E-state index >= 15 is 0 Å². The Hall–Kier alpha value is -2.44. The fourth-order valence-electron chi connectivity index (χ4n) is 1.78. The van der Waals surface area contributed by atoms with E-state index in [1.165, 1.54) is 4.80 Å². The Balaban J connectivity index is 1.97. The summed E-state index contributed by atoms with van der Waals surface area (Å²) < 4.78 is 10.4. The molecule has 7 nitrogen and oxygen atoms in total. The van der Waals surface area contributed by atoms with Crippen molar-refractivity contribution in [2.45, 2.75) is 33.2 Å². The fraction of sp³-hybridized carbons (Fsp3) is 0.467. The van der Waals surface area contributed by atoms with E-state index in [1.807, 2.05) is 24.3 Å². The summed E-state index contributed by atoms with van der Waals surface area (Å²) in [6.07, 6.45) is 2.14. The van der Waals surface area contributed by atoms with Crippen molar-refractivity contribution in [3.63, 3.8) is 0 Å². The van der Waals surface area contributed by atoms with Gasteiger partial charge in [0.2, 0.25) is 5.82 Å². The highest BCUT2D eigenvalue weighted by Crippen LogP contribution is 2.18. The van der Waals surface area contributed by atoms with Gasteiger partial charge in [0.15, 0.2) is 6.54 Å². The first-order valence-electron chi connectivity index (χ1n) is 7.39. The van der Waals surface area contributed by atoms with Gasteiger partial charge in [-0.2, -0.15) is 4.80 Å². The average Bonchev–Trinajstić information content (AvgIpc) is 2.97.